The predicted octanol–water partition coefficient (Wildman–Crippen LogP) is 3.37. The molecule has 2 aromatic heterocycles. The molecule has 1 saturated heterocycles. The zero-order valence-electron chi connectivity index (χ0n) is 22.5. The van der Waals surface area contributed by atoms with Gasteiger partial charge in [0.1, 0.15) is 29.3 Å². The molecule has 5 rings (SSSR count). The Morgan fingerprint density at radius 3 is 2.52 bits per heavy atom. The fourth-order valence-corrected chi connectivity index (χ4v) is 4.94. The average molecular weight is 542 g/mol. The van der Waals surface area contributed by atoms with Crippen molar-refractivity contribution in [1.82, 2.24) is 30.0 Å². The number of nitrogens with one attached hydrogen (secondary N) is 1. The third-order valence-electron chi connectivity index (χ3n) is 7.04. The van der Waals surface area contributed by atoms with Crippen LogP contribution in [-0.2, 0) is 11.3 Å². The summed E-state index contributed by atoms with van der Waals surface area (Å²) in [6.07, 6.45) is 4.48. The Bertz CT molecular complexity index is 1540. The first-order valence-electron chi connectivity index (χ1n) is 12.9. The lowest BCUT2D eigenvalue weighted by Gasteiger charge is -2.32. The molecule has 0 spiro atoms. The minimum Gasteiger partial charge on any atom is -0.497 e. The second kappa shape index (κ2) is 11.4. The van der Waals surface area contributed by atoms with Crippen LogP contribution in [0.1, 0.15) is 34.8 Å². The van der Waals surface area contributed by atoms with E-state index in [1.54, 1.807) is 23.1 Å². The van der Waals surface area contributed by atoms with E-state index in [4.69, 9.17) is 20.3 Å². The number of carbonyl (C=O) groups excluding carboxylic acids is 2. The Balaban J connectivity index is 1.37. The molecule has 11 nitrogen and oxygen atoms in total. The van der Waals surface area contributed by atoms with Crippen molar-refractivity contribution in [3.05, 3.63) is 72.6 Å². The molecule has 1 atom stereocenters. The number of nitrogens with zero attached hydrogens (tertiary/aromatic N) is 5. The molecule has 2 amide bonds. The van der Waals surface area contributed by atoms with Crippen molar-refractivity contribution < 1.29 is 19.1 Å². The molecule has 206 valence electrons. The second-order valence-electron chi connectivity index (χ2n) is 9.52. The van der Waals surface area contributed by atoms with Crippen molar-refractivity contribution >= 4 is 28.7 Å². The first kappa shape index (κ1) is 26.7. The summed E-state index contributed by atoms with van der Waals surface area (Å²) in [7, 11) is 3.08. The van der Waals surface area contributed by atoms with E-state index in [-0.39, 0.29) is 17.9 Å². The summed E-state index contributed by atoms with van der Waals surface area (Å²) in [5.74, 6) is 1.08. The number of nitrogen functional groups attached to an aromatic ring is 1. The number of ether oxygens (including phenoxy) is 2. The van der Waals surface area contributed by atoms with E-state index in [9.17, 15) is 9.59 Å². The average Bonchev–Trinajstić information content (AvgIpc) is 3.40. The topological polar surface area (TPSA) is 137 Å². The van der Waals surface area contributed by atoms with Crippen LogP contribution < -0.4 is 20.5 Å². The quantitative estimate of drug-likeness (QED) is 0.324. The fourth-order valence-electron chi connectivity index (χ4n) is 4.94. The molecule has 3 N–H and O–H groups in total. The highest BCUT2D eigenvalue weighted by Crippen LogP contribution is 2.34. The molecular formula is C29H31N7O4. The van der Waals surface area contributed by atoms with Gasteiger partial charge in [-0.1, -0.05) is 30.8 Å². The second-order valence-corrected chi connectivity index (χ2v) is 9.52. The van der Waals surface area contributed by atoms with Crippen LogP contribution in [0.15, 0.2) is 61.4 Å². The monoisotopic (exact) mass is 541 g/mol. The van der Waals surface area contributed by atoms with E-state index >= 15 is 0 Å². The number of rotatable bonds is 8. The van der Waals surface area contributed by atoms with Crippen LogP contribution in [0, 0.1) is 0 Å². The van der Waals surface area contributed by atoms with E-state index in [1.165, 1.54) is 26.6 Å². The largest absolute Gasteiger partial charge is 0.497 e. The summed E-state index contributed by atoms with van der Waals surface area (Å²) in [6.45, 7) is 5.15. The van der Waals surface area contributed by atoms with Crippen LogP contribution >= 0.6 is 0 Å². The summed E-state index contributed by atoms with van der Waals surface area (Å²) >= 11 is 0. The molecule has 1 aliphatic rings. The molecule has 1 aliphatic heterocycles. The third-order valence-corrected chi connectivity index (χ3v) is 7.04. The number of carbonyl (C=O) groups is 2. The Hall–Kier alpha value is -4.93. The van der Waals surface area contributed by atoms with Gasteiger partial charge in [-0.05, 0) is 36.6 Å². The first-order chi connectivity index (χ1) is 19.4. The van der Waals surface area contributed by atoms with Gasteiger partial charge in [-0.3, -0.25) is 9.59 Å². The molecule has 0 bridgehead atoms. The van der Waals surface area contributed by atoms with Crippen molar-refractivity contribution in [3.8, 4) is 22.8 Å². The standard InChI is InChI=1S/C29H31N7O4/c1-4-24(37)35-11-5-6-21(16-35)36-28-25(27(30)32-17-33-28)26(34-36)19-9-7-18(8-10-19)15-31-29(38)20-12-22(39-2)14-23(13-20)40-3/h4,7-10,12-14,17,21H,1,5-6,11,15-16H2,2-3H3,(H,31,38)(H2,30,32,33)/t21-/m1/s1. The highest BCUT2D eigenvalue weighted by Gasteiger charge is 2.28. The van der Waals surface area contributed by atoms with Crippen molar-refractivity contribution in [2.45, 2.75) is 25.4 Å². The van der Waals surface area contributed by atoms with Gasteiger partial charge in [0.2, 0.25) is 5.91 Å². The van der Waals surface area contributed by atoms with Gasteiger partial charge in [-0.25, -0.2) is 14.6 Å². The number of likely N-dealkylation sites (tertiary alicyclic amines) is 1. The van der Waals surface area contributed by atoms with Crippen LogP contribution in [0.4, 0.5) is 5.82 Å². The Kier molecular flexibility index (Phi) is 7.63. The number of piperidine rings is 1. The van der Waals surface area contributed by atoms with E-state index in [0.717, 1.165) is 24.0 Å². The van der Waals surface area contributed by atoms with Gasteiger partial charge < -0.3 is 25.4 Å². The Labute approximate surface area is 231 Å². The highest BCUT2D eigenvalue weighted by molar-refractivity contribution is 5.98. The lowest BCUT2D eigenvalue weighted by atomic mass is 10.1. The number of methoxy groups -OCH3 is 2. The van der Waals surface area contributed by atoms with Crippen molar-refractivity contribution in [1.29, 1.82) is 0 Å². The van der Waals surface area contributed by atoms with E-state index in [2.05, 4.69) is 21.9 Å². The summed E-state index contributed by atoms with van der Waals surface area (Å²) in [6, 6.07) is 12.7. The summed E-state index contributed by atoms with van der Waals surface area (Å²) in [5.41, 5.74) is 9.78. The van der Waals surface area contributed by atoms with Gasteiger partial charge >= 0.3 is 0 Å². The maximum atomic E-state index is 12.8. The van der Waals surface area contributed by atoms with E-state index in [0.29, 0.717) is 59.2 Å². The van der Waals surface area contributed by atoms with Gasteiger partial charge in [-0.2, -0.15) is 5.10 Å². The smallest absolute Gasteiger partial charge is 0.251 e. The number of amides is 2. The number of hydrogen-bond acceptors (Lipinski definition) is 8. The number of anilines is 1. The molecule has 0 aliphatic carbocycles. The molecule has 0 saturated carbocycles. The van der Waals surface area contributed by atoms with Crippen LogP contribution in [0.2, 0.25) is 0 Å². The molecule has 40 heavy (non-hydrogen) atoms. The molecular weight excluding hydrogens is 510 g/mol. The number of aromatic nitrogens is 4. The van der Waals surface area contributed by atoms with Crippen LogP contribution in [0.3, 0.4) is 0 Å². The molecule has 2 aromatic carbocycles. The fraction of sp³-hybridized carbons (Fsp3) is 0.276. The number of benzene rings is 2. The lowest BCUT2D eigenvalue weighted by molar-refractivity contribution is -0.127. The minimum atomic E-state index is -0.243. The predicted molar refractivity (Wildman–Crippen MR) is 151 cm³/mol. The first-order valence-corrected chi connectivity index (χ1v) is 12.9. The van der Waals surface area contributed by atoms with E-state index in [1.807, 2.05) is 28.9 Å². The number of hydrogen-bond donors (Lipinski definition) is 2. The zero-order valence-corrected chi connectivity index (χ0v) is 22.5. The Morgan fingerprint density at radius 2 is 1.85 bits per heavy atom. The van der Waals surface area contributed by atoms with Gasteiger partial charge in [-0.15, -0.1) is 0 Å². The third kappa shape index (κ3) is 5.31. The summed E-state index contributed by atoms with van der Waals surface area (Å²) < 4.78 is 12.4. The number of nitrogens with two attached hydrogens (primary N) is 1. The molecule has 0 radical (unpaired) electrons. The molecule has 0 unspecified atom stereocenters. The van der Waals surface area contributed by atoms with Gasteiger partial charge in [0.25, 0.3) is 5.91 Å². The maximum Gasteiger partial charge on any atom is 0.251 e. The molecule has 1 fully saturated rings. The van der Waals surface area contributed by atoms with Crippen molar-refractivity contribution in [3.63, 3.8) is 0 Å². The zero-order chi connectivity index (χ0) is 28.2. The normalized spacial score (nSPS) is 15.1. The summed E-state index contributed by atoms with van der Waals surface area (Å²) in [4.78, 5) is 35.5. The number of fused-ring (bicyclic) bond motifs is 1. The summed E-state index contributed by atoms with van der Waals surface area (Å²) in [5, 5.41) is 8.52. The van der Waals surface area contributed by atoms with Crippen LogP contribution in [0.25, 0.3) is 22.3 Å². The van der Waals surface area contributed by atoms with Crippen LogP contribution in [-0.4, -0.2) is 63.8 Å². The lowest BCUT2D eigenvalue weighted by Crippen LogP contribution is -2.40. The minimum absolute atomic E-state index is 0.0482. The van der Waals surface area contributed by atoms with Crippen molar-refractivity contribution in [2.75, 3.05) is 33.0 Å². The Morgan fingerprint density at radius 1 is 1.12 bits per heavy atom. The van der Waals surface area contributed by atoms with Gasteiger partial charge in [0.15, 0.2) is 5.65 Å². The molecule has 11 heteroatoms. The van der Waals surface area contributed by atoms with Gasteiger partial charge in [0, 0.05) is 36.8 Å². The van der Waals surface area contributed by atoms with Crippen LogP contribution in [0.5, 0.6) is 11.5 Å². The molecule has 4 aromatic rings. The maximum absolute atomic E-state index is 12.8. The molecule has 3 heterocycles. The van der Waals surface area contributed by atoms with E-state index < -0.39 is 0 Å². The van der Waals surface area contributed by atoms with Gasteiger partial charge in [0.05, 0.1) is 25.6 Å². The highest BCUT2D eigenvalue weighted by atomic mass is 16.5. The SMILES string of the molecule is C=CC(=O)N1CCC[C@@H](n2nc(-c3ccc(CNC(=O)c4cc(OC)cc(OC)c4)cc3)c3c(N)ncnc32)C1. The van der Waals surface area contributed by atoms with Crippen molar-refractivity contribution in [2.24, 2.45) is 0 Å².